The maximum Gasteiger partial charge on any atom is 0.119 e. The van der Waals surface area contributed by atoms with Gasteiger partial charge in [-0.25, -0.2) is 0 Å². The summed E-state index contributed by atoms with van der Waals surface area (Å²) in [5, 5.41) is 20.6. The number of rotatable bonds is 5. The molecule has 1 aliphatic rings. The number of benzene rings is 1. The molecule has 0 bridgehead atoms. The van der Waals surface area contributed by atoms with Crippen molar-refractivity contribution in [2.45, 2.75) is 32.1 Å². The summed E-state index contributed by atoms with van der Waals surface area (Å²) in [5.74, 6) is 0.852. The molecule has 1 aliphatic carbocycles. The highest BCUT2D eigenvalue weighted by Gasteiger charge is 2.18. The predicted octanol–water partition coefficient (Wildman–Crippen LogP) is 2.88. The Kier molecular flexibility index (Phi) is 4.19. The molecule has 18 heavy (non-hydrogen) atoms. The summed E-state index contributed by atoms with van der Waals surface area (Å²) in [5.41, 5.74) is 2.96. The summed E-state index contributed by atoms with van der Waals surface area (Å²) in [6.07, 6.45) is 4.05. The van der Waals surface area contributed by atoms with Gasteiger partial charge in [0.05, 0.1) is 18.4 Å². The fourth-order valence-corrected chi connectivity index (χ4v) is 2.14. The maximum atomic E-state index is 8.84. The second kappa shape index (κ2) is 6.06. The van der Waals surface area contributed by atoms with E-state index < -0.39 is 0 Å². The number of aryl methyl sites for hydroxylation is 1. The minimum Gasteiger partial charge on any atom is -0.494 e. The van der Waals surface area contributed by atoms with Crippen molar-refractivity contribution in [3.8, 4) is 11.8 Å². The van der Waals surface area contributed by atoms with Crippen molar-refractivity contribution >= 4 is 5.71 Å². The molecule has 2 rings (SSSR count). The summed E-state index contributed by atoms with van der Waals surface area (Å²) in [7, 11) is 0. The van der Waals surface area contributed by atoms with E-state index in [1.165, 1.54) is 5.56 Å². The number of ether oxygens (including phenoxy) is 1. The first-order valence-electron chi connectivity index (χ1n) is 6.19. The van der Waals surface area contributed by atoms with E-state index in [4.69, 9.17) is 15.2 Å². The van der Waals surface area contributed by atoms with Gasteiger partial charge in [-0.3, -0.25) is 0 Å². The zero-order valence-electron chi connectivity index (χ0n) is 10.2. The van der Waals surface area contributed by atoms with Gasteiger partial charge in [-0.2, -0.15) is 5.26 Å². The molecule has 0 aliphatic heterocycles. The quantitative estimate of drug-likeness (QED) is 0.492. The Morgan fingerprint density at radius 2 is 2.22 bits per heavy atom. The molecule has 0 spiro atoms. The lowest BCUT2D eigenvalue weighted by molar-refractivity contribution is 0.307. The number of nitrogens with zero attached hydrogens (tertiary/aromatic N) is 2. The van der Waals surface area contributed by atoms with E-state index in [1.54, 1.807) is 0 Å². The van der Waals surface area contributed by atoms with Crippen LogP contribution in [0.3, 0.4) is 0 Å². The number of unbranched alkanes of at least 4 members (excludes halogenated alkanes) is 2. The summed E-state index contributed by atoms with van der Waals surface area (Å²) < 4.78 is 5.63. The Balaban J connectivity index is 1.91. The second-order valence-corrected chi connectivity index (χ2v) is 4.33. The third-order valence-corrected chi connectivity index (χ3v) is 3.09. The van der Waals surface area contributed by atoms with E-state index >= 15 is 0 Å². The molecule has 0 heterocycles. The first-order valence-corrected chi connectivity index (χ1v) is 6.19. The van der Waals surface area contributed by atoms with Gasteiger partial charge in [0.1, 0.15) is 5.75 Å². The summed E-state index contributed by atoms with van der Waals surface area (Å²) in [6.45, 7) is 0.640. The van der Waals surface area contributed by atoms with Crippen LogP contribution in [0.4, 0.5) is 0 Å². The summed E-state index contributed by atoms with van der Waals surface area (Å²) >= 11 is 0. The maximum absolute atomic E-state index is 8.84. The molecule has 0 unspecified atom stereocenters. The molecule has 1 aromatic rings. The van der Waals surface area contributed by atoms with E-state index in [0.29, 0.717) is 13.0 Å². The Bertz CT molecular complexity index is 489. The fourth-order valence-electron chi connectivity index (χ4n) is 2.14. The molecule has 4 nitrogen and oxygen atoms in total. The van der Waals surface area contributed by atoms with Crippen LogP contribution in [-0.2, 0) is 6.42 Å². The van der Waals surface area contributed by atoms with Gasteiger partial charge >= 0.3 is 0 Å². The molecule has 0 saturated heterocycles. The monoisotopic (exact) mass is 244 g/mol. The van der Waals surface area contributed by atoms with Gasteiger partial charge in [0.25, 0.3) is 0 Å². The first kappa shape index (κ1) is 12.4. The molecule has 0 radical (unpaired) electrons. The average molecular weight is 244 g/mol. The van der Waals surface area contributed by atoms with E-state index in [1.807, 2.05) is 18.2 Å². The minimum atomic E-state index is 0.587. The molecule has 0 saturated carbocycles. The van der Waals surface area contributed by atoms with Gasteiger partial charge in [0.15, 0.2) is 0 Å². The Morgan fingerprint density at radius 1 is 1.33 bits per heavy atom. The number of nitriles is 1. The van der Waals surface area contributed by atoms with Crippen molar-refractivity contribution in [2.75, 3.05) is 6.61 Å². The van der Waals surface area contributed by atoms with Crippen LogP contribution < -0.4 is 4.74 Å². The van der Waals surface area contributed by atoms with Gasteiger partial charge in [-0.05, 0) is 49.4 Å². The molecule has 4 heteroatoms. The Labute approximate surface area is 106 Å². The van der Waals surface area contributed by atoms with Crippen molar-refractivity contribution in [2.24, 2.45) is 5.16 Å². The summed E-state index contributed by atoms with van der Waals surface area (Å²) in [4.78, 5) is 0. The van der Waals surface area contributed by atoms with E-state index in [9.17, 15) is 0 Å². The highest BCUT2D eigenvalue weighted by atomic mass is 16.5. The molecule has 0 aromatic heterocycles. The topological polar surface area (TPSA) is 65.6 Å². The Hall–Kier alpha value is -2.02. The number of hydrogen-bond acceptors (Lipinski definition) is 4. The Morgan fingerprint density at radius 3 is 3.00 bits per heavy atom. The van der Waals surface area contributed by atoms with Crippen LogP contribution in [0.15, 0.2) is 23.4 Å². The lowest BCUT2D eigenvalue weighted by Crippen LogP contribution is -1.98. The molecule has 1 aromatic carbocycles. The van der Waals surface area contributed by atoms with E-state index in [2.05, 4.69) is 11.2 Å². The lowest BCUT2D eigenvalue weighted by atomic mass is 10.1. The van der Waals surface area contributed by atoms with Gasteiger partial charge in [-0.1, -0.05) is 5.16 Å². The second-order valence-electron chi connectivity index (χ2n) is 4.33. The molecule has 1 N–H and O–H groups in total. The largest absolute Gasteiger partial charge is 0.494 e. The minimum absolute atomic E-state index is 0.587. The summed E-state index contributed by atoms with van der Waals surface area (Å²) in [6, 6.07) is 7.98. The van der Waals surface area contributed by atoms with Crippen molar-refractivity contribution in [1.29, 1.82) is 5.26 Å². The molecular formula is C14H16N2O2. The number of fused-ring (bicyclic) bond motifs is 1. The van der Waals surface area contributed by atoms with Gasteiger partial charge < -0.3 is 9.94 Å². The van der Waals surface area contributed by atoms with E-state index in [-0.39, 0.29) is 0 Å². The van der Waals surface area contributed by atoms with E-state index in [0.717, 1.165) is 42.7 Å². The van der Waals surface area contributed by atoms with Crippen LogP contribution in [0.2, 0.25) is 0 Å². The number of oxime groups is 1. The molecule has 0 fully saturated rings. The SMILES string of the molecule is N#CCCCCOc1ccc2c(c1)CC/C2=N/O. The number of hydrogen-bond donors (Lipinski definition) is 1. The van der Waals surface area contributed by atoms with Gasteiger partial charge in [0.2, 0.25) is 0 Å². The van der Waals surface area contributed by atoms with Crippen molar-refractivity contribution < 1.29 is 9.94 Å². The van der Waals surface area contributed by atoms with Crippen LogP contribution in [0, 0.1) is 11.3 Å². The molecule has 94 valence electrons. The van der Waals surface area contributed by atoms with Crippen LogP contribution in [0.1, 0.15) is 36.8 Å². The normalized spacial score (nSPS) is 15.4. The van der Waals surface area contributed by atoms with Crippen molar-refractivity contribution in [3.63, 3.8) is 0 Å². The van der Waals surface area contributed by atoms with Crippen molar-refractivity contribution in [1.82, 2.24) is 0 Å². The van der Waals surface area contributed by atoms with Crippen LogP contribution >= 0.6 is 0 Å². The van der Waals surface area contributed by atoms with Crippen molar-refractivity contribution in [3.05, 3.63) is 29.3 Å². The molecule has 0 atom stereocenters. The van der Waals surface area contributed by atoms with Gasteiger partial charge in [-0.15, -0.1) is 0 Å². The smallest absolute Gasteiger partial charge is 0.119 e. The first-order chi connectivity index (χ1) is 8.85. The third-order valence-electron chi connectivity index (χ3n) is 3.09. The van der Waals surface area contributed by atoms with Gasteiger partial charge in [0, 0.05) is 12.0 Å². The molecule has 0 amide bonds. The van der Waals surface area contributed by atoms with Crippen LogP contribution in [-0.4, -0.2) is 17.5 Å². The highest BCUT2D eigenvalue weighted by Crippen LogP contribution is 2.26. The molecular weight excluding hydrogens is 228 g/mol. The zero-order chi connectivity index (χ0) is 12.8. The zero-order valence-corrected chi connectivity index (χ0v) is 10.2. The van der Waals surface area contributed by atoms with Crippen LogP contribution in [0.25, 0.3) is 0 Å². The lowest BCUT2D eigenvalue weighted by Gasteiger charge is -2.07. The fraction of sp³-hybridized carbons (Fsp3) is 0.429. The highest BCUT2D eigenvalue weighted by molar-refractivity contribution is 6.04. The third kappa shape index (κ3) is 2.80. The standard InChI is InChI=1S/C14H16N2O2/c15-8-2-1-3-9-18-12-5-6-13-11(10-12)4-7-14(13)16-17/h5-6,10,17H,1-4,7,9H2/b16-14-. The predicted molar refractivity (Wildman–Crippen MR) is 68.0 cm³/mol. The van der Waals surface area contributed by atoms with Crippen LogP contribution in [0.5, 0.6) is 5.75 Å². The average Bonchev–Trinajstić information content (AvgIpc) is 2.80.